The summed E-state index contributed by atoms with van der Waals surface area (Å²) in [5, 5.41) is 11.6. The molecule has 2 aromatic carbocycles. The Bertz CT molecular complexity index is 1560. The molecule has 0 spiro atoms. The van der Waals surface area contributed by atoms with Crippen LogP contribution in [0.15, 0.2) is 67.5 Å². The number of nitro groups is 1. The van der Waals surface area contributed by atoms with Gasteiger partial charge in [-0.2, -0.15) is 13.2 Å². The second kappa shape index (κ2) is 17.0. The number of ether oxygens (including phenoxy) is 2. The Morgan fingerprint density at radius 1 is 0.833 bits per heavy atom. The minimum atomic E-state index is -4.30. The molecule has 0 atom stereocenters. The standard InChI is InChI=1S/C17H20F3N3O.C16H19ClN4O3/c18-17(19,20)16-4-2-1-3-13(16)10-23-7-5-15(6-8-23)24-11-14-9-21-12-22-14;17-13-2-1-12(16(7-13)21(22)23)9-20-5-3-15(4-6-20)24-10-14-8-18-11-19-14/h1-4,9,12,15H,5-8,10-11H2,(H,21,22);1-2,7-8,11,15H,3-6,9-10H2,(H,18,19). The molecule has 2 aliphatic heterocycles. The monoisotopic (exact) mass is 689 g/mol. The number of nitro benzene ring substituents is 1. The van der Waals surface area contributed by atoms with E-state index in [1.807, 2.05) is 0 Å². The molecule has 0 aliphatic carbocycles. The SMILES string of the molecule is FC(F)(F)c1ccccc1CN1CCC(OCc2cnc[nH]2)CC1.O=[N+]([O-])c1cc(Cl)ccc1CN1CCC(OCc2cnc[nH]2)CC1. The normalized spacial score (nSPS) is 16.8. The van der Waals surface area contributed by atoms with Gasteiger partial charge >= 0.3 is 6.18 Å². The highest BCUT2D eigenvalue weighted by Gasteiger charge is 2.33. The van der Waals surface area contributed by atoms with Gasteiger partial charge in [-0.1, -0.05) is 29.8 Å². The number of nitrogens with zero attached hydrogens (tertiary/aromatic N) is 5. The summed E-state index contributed by atoms with van der Waals surface area (Å²) in [5.74, 6) is 0. The van der Waals surface area contributed by atoms with Crippen molar-refractivity contribution < 1.29 is 27.6 Å². The van der Waals surface area contributed by atoms with Crippen molar-refractivity contribution in [2.45, 2.75) is 70.4 Å². The van der Waals surface area contributed by atoms with Crippen LogP contribution in [-0.2, 0) is 42.0 Å². The Labute approximate surface area is 281 Å². The molecule has 0 bridgehead atoms. The number of halogens is 4. The molecule has 2 fully saturated rings. The van der Waals surface area contributed by atoms with Crippen LogP contribution in [0.3, 0.4) is 0 Å². The highest BCUT2D eigenvalue weighted by molar-refractivity contribution is 6.30. The summed E-state index contributed by atoms with van der Waals surface area (Å²) in [4.78, 5) is 29.0. The molecule has 2 N–H and O–H groups in total. The molecule has 2 aromatic heterocycles. The first kappa shape index (κ1) is 35.5. The van der Waals surface area contributed by atoms with Crippen molar-refractivity contribution in [2.24, 2.45) is 0 Å². The van der Waals surface area contributed by atoms with Crippen LogP contribution in [0, 0.1) is 10.1 Å². The molecule has 0 amide bonds. The quantitative estimate of drug-likeness (QED) is 0.131. The second-order valence-corrected chi connectivity index (χ2v) is 12.3. The molecule has 0 radical (unpaired) electrons. The number of aromatic amines is 2. The number of H-pyrrole nitrogens is 2. The largest absolute Gasteiger partial charge is 0.416 e. The maximum Gasteiger partial charge on any atom is 0.416 e. The summed E-state index contributed by atoms with van der Waals surface area (Å²) in [6.07, 6.45) is 6.25. The van der Waals surface area contributed by atoms with E-state index in [4.69, 9.17) is 21.1 Å². The summed E-state index contributed by atoms with van der Waals surface area (Å²) in [7, 11) is 0. The van der Waals surface area contributed by atoms with Gasteiger partial charge in [-0.3, -0.25) is 19.9 Å². The Morgan fingerprint density at radius 2 is 1.35 bits per heavy atom. The fraction of sp³-hybridized carbons (Fsp3) is 0.455. The zero-order chi connectivity index (χ0) is 33.9. The van der Waals surface area contributed by atoms with Crippen LogP contribution in [-0.4, -0.2) is 73.0 Å². The fourth-order valence-electron chi connectivity index (χ4n) is 5.87. The minimum absolute atomic E-state index is 0.0834. The van der Waals surface area contributed by atoms with Crippen molar-refractivity contribution in [3.8, 4) is 0 Å². The number of aromatic nitrogens is 4. The van der Waals surface area contributed by atoms with Crippen molar-refractivity contribution in [3.63, 3.8) is 0 Å². The number of hydrogen-bond acceptors (Lipinski definition) is 8. The zero-order valence-electron chi connectivity index (χ0n) is 26.4. The van der Waals surface area contributed by atoms with Gasteiger partial charge in [0.1, 0.15) is 0 Å². The highest BCUT2D eigenvalue weighted by Crippen LogP contribution is 2.33. The van der Waals surface area contributed by atoms with Crippen LogP contribution in [0.4, 0.5) is 18.9 Å². The molecule has 6 rings (SSSR count). The van der Waals surface area contributed by atoms with Gasteiger partial charge in [0.25, 0.3) is 5.69 Å². The maximum absolute atomic E-state index is 13.1. The van der Waals surface area contributed by atoms with Crippen LogP contribution in [0.2, 0.25) is 5.02 Å². The van der Waals surface area contributed by atoms with E-state index in [-0.39, 0.29) is 22.8 Å². The van der Waals surface area contributed by atoms with Crippen LogP contribution >= 0.6 is 11.6 Å². The topological polar surface area (TPSA) is 125 Å². The molecule has 0 saturated carbocycles. The average molecular weight is 690 g/mol. The number of rotatable bonds is 11. The van der Waals surface area contributed by atoms with E-state index in [1.54, 1.807) is 49.3 Å². The van der Waals surface area contributed by atoms with Gasteiger partial charge in [0.2, 0.25) is 0 Å². The third-order valence-corrected chi connectivity index (χ3v) is 8.72. The molecule has 15 heteroatoms. The van der Waals surface area contributed by atoms with E-state index < -0.39 is 11.7 Å². The molecule has 0 unspecified atom stereocenters. The van der Waals surface area contributed by atoms with E-state index >= 15 is 0 Å². The molecular weight excluding hydrogens is 651 g/mol. The Kier molecular flexibility index (Phi) is 12.6. The minimum Gasteiger partial charge on any atom is -0.372 e. The van der Waals surface area contributed by atoms with E-state index in [0.29, 0.717) is 42.5 Å². The number of likely N-dealkylation sites (tertiary alicyclic amines) is 2. The first-order valence-electron chi connectivity index (χ1n) is 15.8. The molecule has 4 aromatic rings. The van der Waals surface area contributed by atoms with Crippen molar-refractivity contribution >= 4 is 17.3 Å². The van der Waals surface area contributed by atoms with Gasteiger partial charge in [0.15, 0.2) is 0 Å². The van der Waals surface area contributed by atoms with Gasteiger partial charge in [0.05, 0.1) is 72.3 Å². The van der Waals surface area contributed by atoms with Crippen LogP contribution < -0.4 is 0 Å². The number of imidazole rings is 2. The van der Waals surface area contributed by atoms with E-state index in [1.165, 1.54) is 12.1 Å². The van der Waals surface area contributed by atoms with Gasteiger partial charge < -0.3 is 19.4 Å². The van der Waals surface area contributed by atoms with Crippen molar-refractivity contribution in [1.29, 1.82) is 0 Å². The first-order valence-corrected chi connectivity index (χ1v) is 16.2. The van der Waals surface area contributed by atoms with Crippen LogP contribution in [0.5, 0.6) is 0 Å². The number of benzene rings is 2. The third kappa shape index (κ3) is 10.6. The molecule has 2 aliphatic rings. The number of hydrogen-bond donors (Lipinski definition) is 2. The van der Waals surface area contributed by atoms with Crippen LogP contribution in [0.1, 0.15) is 53.8 Å². The summed E-state index contributed by atoms with van der Waals surface area (Å²) >= 11 is 5.86. The zero-order valence-corrected chi connectivity index (χ0v) is 27.1. The van der Waals surface area contributed by atoms with Gasteiger partial charge in [-0.25, -0.2) is 9.97 Å². The summed E-state index contributed by atoms with van der Waals surface area (Å²) < 4.78 is 50.9. The lowest BCUT2D eigenvalue weighted by Crippen LogP contribution is -2.37. The molecule has 2 saturated heterocycles. The predicted octanol–water partition coefficient (Wildman–Crippen LogP) is 6.76. The lowest BCUT2D eigenvalue weighted by molar-refractivity contribution is -0.385. The smallest absolute Gasteiger partial charge is 0.372 e. The number of alkyl halides is 3. The van der Waals surface area contributed by atoms with Gasteiger partial charge in [0, 0.05) is 55.9 Å². The Hall–Kier alpha value is -3.82. The van der Waals surface area contributed by atoms with E-state index in [0.717, 1.165) is 69.3 Å². The van der Waals surface area contributed by atoms with Gasteiger partial charge in [-0.15, -0.1) is 0 Å². The lowest BCUT2D eigenvalue weighted by atomic mass is 10.0. The van der Waals surface area contributed by atoms with Gasteiger partial charge in [-0.05, 0) is 49.4 Å². The number of piperidine rings is 2. The molecular formula is C33H39ClF3N7O4. The van der Waals surface area contributed by atoms with Crippen LogP contribution in [0.25, 0.3) is 0 Å². The lowest BCUT2D eigenvalue weighted by Gasteiger charge is -2.32. The fourth-order valence-corrected chi connectivity index (χ4v) is 6.03. The number of nitrogens with one attached hydrogen (secondary N) is 2. The Morgan fingerprint density at radius 3 is 1.83 bits per heavy atom. The van der Waals surface area contributed by atoms with Crippen molar-refractivity contribution in [1.82, 2.24) is 29.7 Å². The second-order valence-electron chi connectivity index (χ2n) is 11.9. The Balaban J connectivity index is 0.000000188. The molecule has 4 heterocycles. The average Bonchev–Trinajstić information content (AvgIpc) is 3.80. The summed E-state index contributed by atoms with van der Waals surface area (Å²) in [6, 6.07) is 10.6. The third-order valence-electron chi connectivity index (χ3n) is 8.48. The maximum atomic E-state index is 13.1. The molecule has 11 nitrogen and oxygen atoms in total. The van der Waals surface area contributed by atoms with E-state index in [9.17, 15) is 23.3 Å². The van der Waals surface area contributed by atoms with Crippen molar-refractivity contribution in [3.05, 3.63) is 111 Å². The predicted molar refractivity (Wildman–Crippen MR) is 173 cm³/mol. The molecule has 258 valence electrons. The summed E-state index contributed by atoms with van der Waals surface area (Å²) in [6.45, 7) is 5.08. The van der Waals surface area contributed by atoms with Crippen molar-refractivity contribution in [2.75, 3.05) is 26.2 Å². The highest BCUT2D eigenvalue weighted by atomic mass is 35.5. The molecule has 48 heavy (non-hydrogen) atoms. The van der Waals surface area contributed by atoms with E-state index in [2.05, 4.69) is 29.7 Å². The summed E-state index contributed by atoms with van der Waals surface area (Å²) in [5.41, 5.74) is 2.47. The first-order chi connectivity index (χ1) is 23.1.